The van der Waals surface area contributed by atoms with Crippen LogP contribution in [0.2, 0.25) is 0 Å². The van der Waals surface area contributed by atoms with Gasteiger partial charge in [-0.05, 0) is 11.6 Å². The van der Waals surface area contributed by atoms with Crippen molar-refractivity contribution < 1.29 is 13.2 Å². The highest BCUT2D eigenvalue weighted by atomic mass is 32.1. The van der Waals surface area contributed by atoms with Crippen molar-refractivity contribution in [3.63, 3.8) is 0 Å². The second-order valence-corrected chi connectivity index (χ2v) is 5.67. The average molecular weight is 317 g/mol. The van der Waals surface area contributed by atoms with Gasteiger partial charge in [0.25, 0.3) is 0 Å². The summed E-state index contributed by atoms with van der Waals surface area (Å²) in [5.41, 5.74) is 7.49. The Morgan fingerprint density at radius 3 is 2.33 bits per heavy atom. The lowest BCUT2D eigenvalue weighted by Crippen LogP contribution is -2.48. The zero-order valence-corrected chi connectivity index (χ0v) is 12.4. The van der Waals surface area contributed by atoms with E-state index in [1.807, 2.05) is 24.3 Å². The monoisotopic (exact) mass is 317 g/mol. The summed E-state index contributed by atoms with van der Waals surface area (Å²) in [7, 11) is 0. The minimum Gasteiger partial charge on any atom is -0.389 e. The van der Waals surface area contributed by atoms with Gasteiger partial charge < -0.3 is 5.73 Å². The van der Waals surface area contributed by atoms with Crippen LogP contribution in [0.15, 0.2) is 24.3 Å². The van der Waals surface area contributed by atoms with Crippen LogP contribution >= 0.6 is 12.2 Å². The van der Waals surface area contributed by atoms with Crippen LogP contribution in [0.4, 0.5) is 13.2 Å². The second kappa shape index (κ2) is 6.72. The fourth-order valence-corrected chi connectivity index (χ4v) is 2.57. The van der Waals surface area contributed by atoms with Crippen LogP contribution in [0.5, 0.6) is 0 Å². The number of hydrogen-bond acceptors (Lipinski definition) is 3. The van der Waals surface area contributed by atoms with Gasteiger partial charge in [-0.3, -0.25) is 9.80 Å². The summed E-state index contributed by atoms with van der Waals surface area (Å²) in [6, 6.07) is 7.66. The van der Waals surface area contributed by atoms with Crippen molar-refractivity contribution in [3.8, 4) is 0 Å². The minimum atomic E-state index is -4.12. The Morgan fingerprint density at radius 2 is 1.76 bits per heavy atom. The molecule has 1 aromatic carbocycles. The van der Waals surface area contributed by atoms with E-state index in [1.54, 1.807) is 0 Å². The quantitative estimate of drug-likeness (QED) is 0.861. The Bertz CT molecular complexity index is 496. The molecule has 0 unspecified atom stereocenters. The van der Waals surface area contributed by atoms with Crippen molar-refractivity contribution in [2.24, 2.45) is 5.73 Å². The fraction of sp³-hybridized carbons (Fsp3) is 0.500. The molecule has 1 aliphatic heterocycles. The molecule has 1 fully saturated rings. The van der Waals surface area contributed by atoms with E-state index in [4.69, 9.17) is 18.0 Å². The molecule has 0 saturated carbocycles. The first-order valence-corrected chi connectivity index (χ1v) is 7.14. The van der Waals surface area contributed by atoms with Gasteiger partial charge in [-0.15, -0.1) is 0 Å². The van der Waals surface area contributed by atoms with Gasteiger partial charge in [0.1, 0.15) is 4.99 Å². The molecular weight excluding hydrogens is 299 g/mol. The molecule has 21 heavy (non-hydrogen) atoms. The van der Waals surface area contributed by atoms with Crippen LogP contribution in [-0.4, -0.2) is 53.7 Å². The molecule has 2 N–H and O–H groups in total. The van der Waals surface area contributed by atoms with Crippen LogP contribution in [0.3, 0.4) is 0 Å². The highest BCUT2D eigenvalue weighted by molar-refractivity contribution is 7.80. The topological polar surface area (TPSA) is 32.5 Å². The first-order valence-electron chi connectivity index (χ1n) is 6.74. The lowest BCUT2D eigenvalue weighted by molar-refractivity contribution is -0.149. The molecule has 0 aliphatic carbocycles. The van der Waals surface area contributed by atoms with Gasteiger partial charge >= 0.3 is 6.18 Å². The third-order valence-corrected chi connectivity index (χ3v) is 3.72. The number of alkyl halides is 3. The standard InChI is InChI=1S/C14H18F3N3S/c15-14(16,17)10-20-6-4-19(5-7-20)9-11-2-1-3-12(8-11)13(18)21/h1-3,8H,4-7,9-10H2,(H2,18,21). The summed E-state index contributed by atoms with van der Waals surface area (Å²) in [5.74, 6) is 0. The largest absolute Gasteiger partial charge is 0.401 e. The van der Waals surface area contributed by atoms with Gasteiger partial charge in [0, 0.05) is 38.3 Å². The molecule has 116 valence electrons. The Morgan fingerprint density at radius 1 is 1.14 bits per heavy atom. The molecule has 0 spiro atoms. The Labute approximate surface area is 127 Å². The summed E-state index contributed by atoms with van der Waals surface area (Å²) in [6.07, 6.45) is -4.12. The number of halogens is 3. The normalized spacial score (nSPS) is 17.9. The van der Waals surface area contributed by atoms with Gasteiger partial charge in [0.05, 0.1) is 6.54 Å². The maximum atomic E-state index is 12.3. The predicted octanol–water partition coefficient (Wildman–Crippen LogP) is 2.00. The number of nitrogens with zero attached hydrogens (tertiary/aromatic N) is 2. The van der Waals surface area contributed by atoms with Crippen molar-refractivity contribution in [2.75, 3.05) is 32.7 Å². The highest BCUT2D eigenvalue weighted by Gasteiger charge is 2.32. The summed E-state index contributed by atoms with van der Waals surface area (Å²) in [4.78, 5) is 3.94. The number of rotatable bonds is 4. The summed E-state index contributed by atoms with van der Waals surface area (Å²) in [5, 5.41) is 0. The van der Waals surface area contributed by atoms with E-state index in [-0.39, 0.29) is 0 Å². The summed E-state index contributed by atoms with van der Waals surface area (Å²) >= 11 is 4.94. The van der Waals surface area contributed by atoms with Crippen LogP contribution in [-0.2, 0) is 6.54 Å². The number of nitrogens with two attached hydrogens (primary N) is 1. The molecular formula is C14H18F3N3S. The third-order valence-electron chi connectivity index (χ3n) is 3.49. The fourth-order valence-electron chi connectivity index (χ4n) is 2.44. The average Bonchev–Trinajstić information content (AvgIpc) is 2.40. The van der Waals surface area contributed by atoms with Crippen LogP contribution in [0.1, 0.15) is 11.1 Å². The molecule has 7 heteroatoms. The zero-order chi connectivity index (χ0) is 15.5. The Balaban J connectivity index is 1.86. The SMILES string of the molecule is NC(=S)c1cccc(CN2CCN(CC(F)(F)F)CC2)c1. The molecule has 3 nitrogen and oxygen atoms in total. The first-order chi connectivity index (χ1) is 9.83. The third kappa shape index (κ3) is 5.26. The van der Waals surface area contributed by atoms with Gasteiger partial charge in [0.2, 0.25) is 0 Å². The Kier molecular flexibility index (Phi) is 5.18. The van der Waals surface area contributed by atoms with Crippen LogP contribution in [0.25, 0.3) is 0 Å². The van der Waals surface area contributed by atoms with Crippen LogP contribution in [0, 0.1) is 0 Å². The van der Waals surface area contributed by atoms with E-state index in [9.17, 15) is 13.2 Å². The van der Waals surface area contributed by atoms with Crippen molar-refractivity contribution >= 4 is 17.2 Å². The van der Waals surface area contributed by atoms with E-state index in [0.29, 0.717) is 37.7 Å². The maximum absolute atomic E-state index is 12.3. The van der Waals surface area contributed by atoms with Crippen molar-refractivity contribution in [2.45, 2.75) is 12.7 Å². The maximum Gasteiger partial charge on any atom is 0.401 e. The number of thiocarbonyl (C=S) groups is 1. The van der Waals surface area contributed by atoms with E-state index >= 15 is 0 Å². The summed E-state index contributed by atoms with van der Waals surface area (Å²) < 4.78 is 37.0. The number of hydrogen-bond donors (Lipinski definition) is 1. The van der Waals surface area contributed by atoms with Gasteiger partial charge in [0.15, 0.2) is 0 Å². The Hall–Kier alpha value is -1.18. The molecule has 2 rings (SSSR count). The minimum absolute atomic E-state index is 0.354. The molecule has 0 aromatic heterocycles. The molecule has 0 atom stereocenters. The molecule has 1 aliphatic rings. The van der Waals surface area contributed by atoms with E-state index < -0.39 is 12.7 Å². The van der Waals surface area contributed by atoms with E-state index in [2.05, 4.69) is 4.90 Å². The molecule has 0 bridgehead atoms. The van der Waals surface area contributed by atoms with Crippen LogP contribution < -0.4 is 5.73 Å². The van der Waals surface area contributed by atoms with E-state index in [1.165, 1.54) is 4.90 Å². The highest BCUT2D eigenvalue weighted by Crippen LogP contribution is 2.18. The molecule has 0 amide bonds. The lowest BCUT2D eigenvalue weighted by atomic mass is 10.1. The zero-order valence-electron chi connectivity index (χ0n) is 11.6. The van der Waals surface area contributed by atoms with Crippen molar-refractivity contribution in [3.05, 3.63) is 35.4 Å². The molecule has 1 saturated heterocycles. The van der Waals surface area contributed by atoms with E-state index in [0.717, 1.165) is 11.1 Å². The first kappa shape index (κ1) is 16.2. The molecule has 1 aromatic rings. The second-order valence-electron chi connectivity index (χ2n) is 5.23. The number of benzene rings is 1. The van der Waals surface area contributed by atoms with Crippen molar-refractivity contribution in [1.29, 1.82) is 0 Å². The lowest BCUT2D eigenvalue weighted by Gasteiger charge is -2.35. The number of piperazine rings is 1. The van der Waals surface area contributed by atoms with Crippen molar-refractivity contribution in [1.82, 2.24) is 9.80 Å². The van der Waals surface area contributed by atoms with Gasteiger partial charge in [-0.1, -0.05) is 30.4 Å². The smallest absolute Gasteiger partial charge is 0.389 e. The molecule has 1 heterocycles. The summed E-state index contributed by atoms with van der Waals surface area (Å²) in [6.45, 7) is 2.03. The van der Waals surface area contributed by atoms with Gasteiger partial charge in [-0.2, -0.15) is 13.2 Å². The van der Waals surface area contributed by atoms with Gasteiger partial charge in [-0.25, -0.2) is 0 Å². The predicted molar refractivity (Wildman–Crippen MR) is 80.1 cm³/mol. The molecule has 0 radical (unpaired) electrons.